The molecule has 0 aliphatic carbocycles. The minimum absolute atomic E-state index is 0.221. The number of piperazine rings is 1. The van der Waals surface area contributed by atoms with Crippen molar-refractivity contribution >= 4 is 11.9 Å². The fourth-order valence-electron chi connectivity index (χ4n) is 3.01. The van der Waals surface area contributed by atoms with E-state index < -0.39 is 0 Å². The Morgan fingerprint density at radius 1 is 1.00 bits per heavy atom. The highest BCUT2D eigenvalue weighted by Crippen LogP contribution is 2.16. The number of benzene rings is 1. The number of hydrogen-bond acceptors (Lipinski definition) is 5. The molecular weight excluding hydrogens is 316 g/mol. The summed E-state index contributed by atoms with van der Waals surface area (Å²) >= 11 is 0. The fraction of sp³-hybridized carbons (Fsp3) is 0.526. The average molecular weight is 342 g/mol. The van der Waals surface area contributed by atoms with Gasteiger partial charge in [0.15, 0.2) is 0 Å². The lowest BCUT2D eigenvalue weighted by molar-refractivity contribution is -0.131. The van der Waals surface area contributed by atoms with Crippen molar-refractivity contribution in [3.8, 4) is 0 Å². The molecule has 0 radical (unpaired) electrons. The molecular formula is C19H26N4O2. The first kappa shape index (κ1) is 17.5. The molecule has 1 saturated heterocycles. The summed E-state index contributed by atoms with van der Waals surface area (Å²) in [6, 6.07) is 9.12. The lowest BCUT2D eigenvalue weighted by atomic mass is 10.1. The largest absolute Gasteiger partial charge is 0.408 e. The van der Waals surface area contributed by atoms with Crippen LogP contribution in [0.4, 0.5) is 6.01 Å². The Morgan fingerprint density at radius 3 is 2.28 bits per heavy atom. The number of nitrogens with zero attached hydrogens (tertiary/aromatic N) is 4. The predicted molar refractivity (Wildman–Crippen MR) is 96.6 cm³/mol. The first-order valence-electron chi connectivity index (χ1n) is 9.12. The van der Waals surface area contributed by atoms with Gasteiger partial charge in [0.05, 0.1) is 0 Å². The minimum atomic E-state index is 0.221. The van der Waals surface area contributed by atoms with Crippen LogP contribution in [0.1, 0.15) is 37.3 Å². The smallest absolute Gasteiger partial charge is 0.318 e. The molecule has 1 aromatic carbocycles. The molecule has 0 atom stereocenters. The lowest BCUT2D eigenvalue weighted by Crippen LogP contribution is -2.49. The molecule has 0 N–H and O–H groups in total. The van der Waals surface area contributed by atoms with Crippen LogP contribution in [0.15, 0.2) is 28.7 Å². The van der Waals surface area contributed by atoms with E-state index in [0.717, 1.165) is 32.4 Å². The van der Waals surface area contributed by atoms with Crippen molar-refractivity contribution in [2.75, 3.05) is 31.1 Å². The number of hydrogen-bond donors (Lipinski definition) is 0. The summed E-state index contributed by atoms with van der Waals surface area (Å²) in [5.74, 6) is 0.876. The molecule has 2 aromatic rings. The first-order chi connectivity index (χ1) is 12.2. The van der Waals surface area contributed by atoms with Crippen molar-refractivity contribution in [1.29, 1.82) is 0 Å². The summed E-state index contributed by atoms with van der Waals surface area (Å²) in [4.78, 5) is 16.4. The predicted octanol–water partition coefficient (Wildman–Crippen LogP) is 2.48. The first-order valence-corrected chi connectivity index (χ1v) is 9.12. The third-order valence-corrected chi connectivity index (χ3v) is 4.72. The molecule has 0 unspecified atom stereocenters. The van der Waals surface area contributed by atoms with Crippen LogP contribution >= 0.6 is 0 Å². The monoisotopic (exact) mass is 342 g/mol. The molecule has 2 heterocycles. The van der Waals surface area contributed by atoms with Gasteiger partial charge in [0, 0.05) is 39.0 Å². The highest BCUT2D eigenvalue weighted by atomic mass is 16.4. The van der Waals surface area contributed by atoms with Gasteiger partial charge in [-0.25, -0.2) is 0 Å². The van der Waals surface area contributed by atoms with Gasteiger partial charge in [0.25, 0.3) is 0 Å². The second-order valence-corrected chi connectivity index (χ2v) is 6.37. The molecule has 1 aromatic heterocycles. The van der Waals surface area contributed by atoms with Gasteiger partial charge in [-0.3, -0.25) is 4.79 Å². The van der Waals surface area contributed by atoms with Gasteiger partial charge in [0.1, 0.15) is 0 Å². The number of anilines is 1. The van der Waals surface area contributed by atoms with Crippen LogP contribution in [-0.2, 0) is 24.1 Å². The van der Waals surface area contributed by atoms with E-state index in [9.17, 15) is 4.79 Å². The third-order valence-electron chi connectivity index (χ3n) is 4.72. The Labute approximate surface area is 148 Å². The zero-order chi connectivity index (χ0) is 17.6. The molecule has 3 rings (SSSR count). The molecule has 0 bridgehead atoms. The molecule has 1 amide bonds. The van der Waals surface area contributed by atoms with Crippen molar-refractivity contribution in [2.45, 2.75) is 39.5 Å². The van der Waals surface area contributed by atoms with E-state index in [2.05, 4.69) is 46.3 Å². The lowest BCUT2D eigenvalue weighted by Gasteiger charge is -2.33. The molecule has 1 aliphatic rings. The standard InChI is InChI=1S/C19H26N4O2/c1-3-15-5-7-16(8-6-15)9-10-18(24)22-11-13-23(14-12-22)19-21-20-17(4-2)25-19/h5-8H,3-4,9-14H2,1-2H3. The SMILES string of the molecule is CCc1ccc(CCC(=O)N2CCN(c3nnc(CC)o3)CC2)cc1. The Bertz CT molecular complexity index is 688. The van der Waals surface area contributed by atoms with Crippen molar-refractivity contribution in [3.63, 3.8) is 0 Å². The Balaban J connectivity index is 1.46. The maximum absolute atomic E-state index is 12.4. The van der Waals surface area contributed by atoms with Crippen molar-refractivity contribution in [1.82, 2.24) is 15.1 Å². The molecule has 134 valence electrons. The van der Waals surface area contributed by atoms with Crippen LogP contribution in [0.25, 0.3) is 0 Å². The van der Waals surface area contributed by atoms with Crippen molar-refractivity contribution < 1.29 is 9.21 Å². The third kappa shape index (κ3) is 4.38. The second kappa shape index (κ2) is 8.14. The Kier molecular flexibility index (Phi) is 5.68. The topological polar surface area (TPSA) is 62.5 Å². The molecule has 0 spiro atoms. The van der Waals surface area contributed by atoms with E-state index in [1.54, 1.807) is 0 Å². The molecule has 25 heavy (non-hydrogen) atoms. The van der Waals surface area contributed by atoms with Gasteiger partial charge in [0.2, 0.25) is 11.8 Å². The van der Waals surface area contributed by atoms with Gasteiger partial charge < -0.3 is 14.2 Å². The molecule has 6 heteroatoms. The number of carbonyl (C=O) groups excluding carboxylic acids is 1. The van der Waals surface area contributed by atoms with Crippen molar-refractivity contribution in [3.05, 3.63) is 41.3 Å². The highest BCUT2D eigenvalue weighted by Gasteiger charge is 2.23. The Hall–Kier alpha value is -2.37. The second-order valence-electron chi connectivity index (χ2n) is 6.37. The van der Waals surface area contributed by atoms with E-state index in [1.807, 2.05) is 11.8 Å². The van der Waals surface area contributed by atoms with Gasteiger partial charge in [-0.2, -0.15) is 0 Å². The summed E-state index contributed by atoms with van der Waals surface area (Å²) < 4.78 is 5.59. The summed E-state index contributed by atoms with van der Waals surface area (Å²) in [6.45, 7) is 7.03. The highest BCUT2D eigenvalue weighted by molar-refractivity contribution is 5.76. The number of aryl methyl sites for hydroxylation is 3. The van der Waals surface area contributed by atoms with Crippen LogP contribution in [0.3, 0.4) is 0 Å². The van der Waals surface area contributed by atoms with Gasteiger partial charge in [-0.15, -0.1) is 5.10 Å². The number of carbonyl (C=O) groups is 1. The van der Waals surface area contributed by atoms with Crippen LogP contribution in [0.5, 0.6) is 0 Å². The van der Waals surface area contributed by atoms with Crippen molar-refractivity contribution in [2.24, 2.45) is 0 Å². The minimum Gasteiger partial charge on any atom is -0.408 e. The number of rotatable bonds is 6. The molecule has 1 aliphatic heterocycles. The summed E-state index contributed by atoms with van der Waals surface area (Å²) in [5, 5.41) is 8.08. The van der Waals surface area contributed by atoms with Gasteiger partial charge in [-0.05, 0) is 24.0 Å². The van der Waals surface area contributed by atoms with Gasteiger partial charge in [-0.1, -0.05) is 43.2 Å². The number of amides is 1. The zero-order valence-electron chi connectivity index (χ0n) is 15.1. The van der Waals surface area contributed by atoms with E-state index in [4.69, 9.17) is 4.42 Å². The van der Waals surface area contributed by atoms with Crippen LogP contribution in [0.2, 0.25) is 0 Å². The van der Waals surface area contributed by atoms with E-state index in [0.29, 0.717) is 31.4 Å². The number of aromatic nitrogens is 2. The fourth-order valence-corrected chi connectivity index (χ4v) is 3.01. The maximum Gasteiger partial charge on any atom is 0.318 e. The molecule has 6 nitrogen and oxygen atoms in total. The van der Waals surface area contributed by atoms with Crippen LogP contribution < -0.4 is 4.90 Å². The normalized spacial score (nSPS) is 14.8. The van der Waals surface area contributed by atoms with Crippen LogP contribution in [-0.4, -0.2) is 47.2 Å². The van der Waals surface area contributed by atoms with E-state index >= 15 is 0 Å². The van der Waals surface area contributed by atoms with Crippen LogP contribution in [0, 0.1) is 0 Å². The summed E-state index contributed by atoms with van der Waals surface area (Å²) in [6.07, 6.45) is 3.15. The summed E-state index contributed by atoms with van der Waals surface area (Å²) in [5.41, 5.74) is 2.56. The average Bonchev–Trinajstić information content (AvgIpc) is 3.16. The van der Waals surface area contributed by atoms with E-state index in [1.165, 1.54) is 11.1 Å². The van der Waals surface area contributed by atoms with E-state index in [-0.39, 0.29) is 5.91 Å². The zero-order valence-corrected chi connectivity index (χ0v) is 15.1. The molecule has 1 fully saturated rings. The summed E-state index contributed by atoms with van der Waals surface area (Å²) in [7, 11) is 0. The quantitative estimate of drug-likeness (QED) is 0.807. The van der Waals surface area contributed by atoms with Gasteiger partial charge >= 0.3 is 6.01 Å². The molecule has 0 saturated carbocycles. The Morgan fingerprint density at radius 2 is 1.68 bits per heavy atom. The maximum atomic E-state index is 12.4.